The molecule has 0 saturated carbocycles. The predicted octanol–water partition coefficient (Wildman–Crippen LogP) is 2.61. The molecule has 1 aliphatic heterocycles. The second-order valence-corrected chi connectivity index (χ2v) is 6.71. The Morgan fingerprint density at radius 2 is 2.14 bits per heavy atom. The summed E-state index contributed by atoms with van der Waals surface area (Å²) in [6.07, 6.45) is 3.57. The van der Waals surface area contributed by atoms with Crippen LogP contribution in [0, 0.1) is 5.92 Å². The number of hydrogen-bond acceptors (Lipinski definition) is 5. The molecule has 2 heterocycles. The zero-order valence-electron chi connectivity index (χ0n) is 16.6. The maximum atomic E-state index is 5.47. The molecule has 7 heteroatoms. The number of benzene rings is 1. The largest absolute Gasteiger partial charge is 0.497 e. The van der Waals surface area contributed by atoms with E-state index in [1.807, 2.05) is 30.3 Å². The highest BCUT2D eigenvalue weighted by Crippen LogP contribution is 2.25. The zero-order chi connectivity index (χ0) is 19.6. The molecule has 2 N–H and O–H groups in total. The number of nitrogens with zero attached hydrogens (tertiary/aromatic N) is 1. The Morgan fingerprint density at radius 3 is 2.86 bits per heavy atom. The van der Waals surface area contributed by atoms with Crippen LogP contribution in [0.25, 0.3) is 0 Å². The van der Waals surface area contributed by atoms with E-state index >= 15 is 0 Å². The number of guanidine groups is 1. The van der Waals surface area contributed by atoms with Crippen LogP contribution < -0.4 is 20.1 Å². The lowest BCUT2D eigenvalue weighted by Gasteiger charge is -2.15. The zero-order valence-corrected chi connectivity index (χ0v) is 16.6. The average molecular weight is 387 g/mol. The molecule has 0 bridgehead atoms. The fourth-order valence-corrected chi connectivity index (χ4v) is 3.07. The molecule has 2 aromatic rings. The molecule has 1 aromatic carbocycles. The molecule has 3 rings (SSSR count). The number of furan rings is 1. The van der Waals surface area contributed by atoms with Gasteiger partial charge in [-0.15, -0.1) is 0 Å². The Labute approximate surface area is 166 Å². The predicted molar refractivity (Wildman–Crippen MR) is 108 cm³/mol. The van der Waals surface area contributed by atoms with E-state index in [1.165, 1.54) is 0 Å². The highest BCUT2D eigenvalue weighted by molar-refractivity contribution is 5.79. The van der Waals surface area contributed by atoms with Crippen molar-refractivity contribution in [3.63, 3.8) is 0 Å². The van der Waals surface area contributed by atoms with Gasteiger partial charge in [0, 0.05) is 43.7 Å². The van der Waals surface area contributed by atoms with E-state index in [4.69, 9.17) is 23.6 Å². The van der Waals surface area contributed by atoms with Crippen molar-refractivity contribution in [3.8, 4) is 11.5 Å². The summed E-state index contributed by atoms with van der Waals surface area (Å²) in [6, 6.07) is 9.65. The molecule has 1 unspecified atom stereocenters. The first-order valence-corrected chi connectivity index (χ1v) is 9.61. The van der Waals surface area contributed by atoms with Crippen LogP contribution >= 0.6 is 0 Å². The fraction of sp³-hybridized carbons (Fsp3) is 0.476. The third-order valence-electron chi connectivity index (χ3n) is 4.73. The molecule has 0 spiro atoms. The molecule has 0 aliphatic carbocycles. The van der Waals surface area contributed by atoms with E-state index in [1.54, 1.807) is 20.5 Å². The van der Waals surface area contributed by atoms with E-state index < -0.39 is 0 Å². The van der Waals surface area contributed by atoms with Gasteiger partial charge in [0.05, 0.1) is 33.6 Å². The molecular formula is C21H29N3O4. The second kappa shape index (κ2) is 10.6. The van der Waals surface area contributed by atoms with Crippen LogP contribution in [-0.4, -0.2) is 46.5 Å². The average Bonchev–Trinajstić information content (AvgIpc) is 3.43. The monoisotopic (exact) mass is 387 g/mol. The summed E-state index contributed by atoms with van der Waals surface area (Å²) in [6.45, 7) is 3.73. The maximum absolute atomic E-state index is 5.47. The number of nitrogens with one attached hydrogen (secondary N) is 2. The van der Waals surface area contributed by atoms with Gasteiger partial charge < -0.3 is 29.3 Å². The molecule has 1 saturated heterocycles. The van der Waals surface area contributed by atoms with E-state index in [-0.39, 0.29) is 0 Å². The van der Waals surface area contributed by atoms with Crippen molar-refractivity contribution in [2.24, 2.45) is 10.9 Å². The Kier molecular flexibility index (Phi) is 7.61. The van der Waals surface area contributed by atoms with E-state index in [2.05, 4.69) is 10.6 Å². The Hall–Kier alpha value is -2.67. The van der Waals surface area contributed by atoms with Crippen molar-refractivity contribution < 1.29 is 18.6 Å². The number of ether oxygens (including phenoxy) is 3. The Bertz CT molecular complexity index is 740. The van der Waals surface area contributed by atoms with Crippen LogP contribution in [0.5, 0.6) is 11.5 Å². The summed E-state index contributed by atoms with van der Waals surface area (Å²) >= 11 is 0. The molecule has 1 aromatic heterocycles. The van der Waals surface area contributed by atoms with Crippen molar-refractivity contribution >= 4 is 5.96 Å². The van der Waals surface area contributed by atoms with Gasteiger partial charge in [-0.25, -0.2) is 4.99 Å². The topological polar surface area (TPSA) is 77.2 Å². The fourth-order valence-electron chi connectivity index (χ4n) is 3.07. The van der Waals surface area contributed by atoms with Crippen molar-refractivity contribution in [1.29, 1.82) is 0 Å². The van der Waals surface area contributed by atoms with E-state index in [0.29, 0.717) is 12.5 Å². The lowest BCUT2D eigenvalue weighted by molar-refractivity contribution is 0.186. The molecular weight excluding hydrogens is 358 g/mol. The minimum Gasteiger partial charge on any atom is -0.497 e. The second-order valence-electron chi connectivity index (χ2n) is 6.71. The number of aliphatic imine (C=N–C) groups is 1. The van der Waals surface area contributed by atoms with E-state index in [9.17, 15) is 0 Å². The van der Waals surface area contributed by atoms with Gasteiger partial charge in [-0.3, -0.25) is 0 Å². The lowest BCUT2D eigenvalue weighted by Crippen LogP contribution is -2.40. The molecule has 1 fully saturated rings. The van der Waals surface area contributed by atoms with Gasteiger partial charge in [0.1, 0.15) is 17.3 Å². The van der Waals surface area contributed by atoms with Crippen LogP contribution in [0.3, 0.4) is 0 Å². The van der Waals surface area contributed by atoms with Gasteiger partial charge in [-0.05, 0) is 30.7 Å². The summed E-state index contributed by atoms with van der Waals surface area (Å²) in [5, 5.41) is 6.82. The Morgan fingerprint density at radius 1 is 1.21 bits per heavy atom. The first-order valence-electron chi connectivity index (χ1n) is 9.61. The highest BCUT2D eigenvalue weighted by atomic mass is 16.5. The third kappa shape index (κ3) is 5.92. The van der Waals surface area contributed by atoms with E-state index in [0.717, 1.165) is 67.9 Å². The van der Waals surface area contributed by atoms with Gasteiger partial charge in [-0.1, -0.05) is 0 Å². The van der Waals surface area contributed by atoms with Crippen LogP contribution in [0.1, 0.15) is 17.7 Å². The summed E-state index contributed by atoms with van der Waals surface area (Å²) in [7, 11) is 3.30. The number of hydrogen-bond donors (Lipinski definition) is 2. The highest BCUT2D eigenvalue weighted by Gasteiger charge is 2.16. The molecule has 1 atom stereocenters. The van der Waals surface area contributed by atoms with Gasteiger partial charge in [-0.2, -0.15) is 0 Å². The summed E-state index contributed by atoms with van der Waals surface area (Å²) in [5.74, 6) is 3.78. The number of rotatable bonds is 9. The van der Waals surface area contributed by atoms with Gasteiger partial charge in [0.25, 0.3) is 0 Å². The molecule has 0 amide bonds. The van der Waals surface area contributed by atoms with Crippen LogP contribution in [0.2, 0.25) is 0 Å². The molecule has 152 valence electrons. The third-order valence-corrected chi connectivity index (χ3v) is 4.73. The maximum Gasteiger partial charge on any atom is 0.191 e. The van der Waals surface area contributed by atoms with Crippen molar-refractivity contribution in [2.45, 2.75) is 19.4 Å². The van der Waals surface area contributed by atoms with Crippen LogP contribution in [0.4, 0.5) is 0 Å². The van der Waals surface area contributed by atoms with Gasteiger partial charge in [0.15, 0.2) is 5.96 Å². The minimum absolute atomic E-state index is 0.504. The van der Waals surface area contributed by atoms with Crippen molar-refractivity contribution in [2.75, 3.05) is 40.5 Å². The number of methoxy groups -OCH3 is 2. The molecule has 28 heavy (non-hydrogen) atoms. The lowest BCUT2D eigenvalue weighted by atomic mass is 10.1. The van der Waals surface area contributed by atoms with Crippen LogP contribution in [0.15, 0.2) is 46.0 Å². The molecule has 7 nitrogen and oxygen atoms in total. The van der Waals surface area contributed by atoms with Crippen molar-refractivity contribution in [1.82, 2.24) is 10.6 Å². The van der Waals surface area contributed by atoms with Crippen LogP contribution in [-0.2, 0) is 17.7 Å². The summed E-state index contributed by atoms with van der Waals surface area (Å²) in [5.41, 5.74) is 1.000. The smallest absolute Gasteiger partial charge is 0.191 e. The summed E-state index contributed by atoms with van der Waals surface area (Å²) < 4.78 is 21.6. The molecule has 1 aliphatic rings. The van der Waals surface area contributed by atoms with Gasteiger partial charge >= 0.3 is 0 Å². The van der Waals surface area contributed by atoms with Crippen molar-refractivity contribution in [3.05, 3.63) is 47.9 Å². The normalized spacial score (nSPS) is 16.8. The standard InChI is InChI=1S/C21H29N3O4/c1-25-19-6-5-17(20(12-19)26-2)14-24-21(23-13-16-8-11-27-15-16)22-9-7-18-4-3-10-28-18/h3-6,10,12,16H,7-9,11,13-15H2,1-2H3,(H2,22,23,24). The molecule has 0 radical (unpaired) electrons. The van der Waals surface area contributed by atoms with Gasteiger partial charge in [0.2, 0.25) is 0 Å². The Balaban J connectivity index is 1.61. The SMILES string of the molecule is COc1ccc(CN=C(NCCc2ccco2)NCC2CCOC2)c(OC)c1. The quantitative estimate of drug-likeness (QED) is 0.509. The summed E-state index contributed by atoms with van der Waals surface area (Å²) in [4.78, 5) is 4.74. The first-order chi connectivity index (χ1) is 13.8. The minimum atomic E-state index is 0.504. The first kappa shape index (κ1) is 20.1.